The van der Waals surface area contributed by atoms with Crippen LogP contribution in [0.1, 0.15) is 120 Å². The summed E-state index contributed by atoms with van der Waals surface area (Å²) in [4.78, 5) is 11.5. The highest BCUT2D eigenvalue weighted by Crippen LogP contribution is 2.65. The molecule has 14 heteroatoms. The van der Waals surface area contributed by atoms with Crippen LogP contribution in [-0.4, -0.2) is 56.4 Å². The lowest BCUT2D eigenvalue weighted by atomic mass is 9.51. The minimum atomic E-state index is -7.00. The van der Waals surface area contributed by atoms with E-state index >= 15 is 0 Å². The summed E-state index contributed by atoms with van der Waals surface area (Å²) in [6.45, 7) is 6.38. The number of unbranched alkanes of at least 4 members (excludes halogenated alkanes) is 6. The number of hydrogen-bond donors (Lipinski definition) is 4. The molecule has 0 saturated heterocycles. The largest absolute Gasteiger partial charge is 0.508 e. The van der Waals surface area contributed by atoms with Crippen LogP contribution in [0.15, 0.2) is 30.4 Å². The average Bonchev–Trinajstić information content (AvgIpc) is 3.25. The average molecular weight is 731 g/mol. The summed E-state index contributed by atoms with van der Waals surface area (Å²) in [7, 11) is 0. The maximum Gasteiger partial charge on any atom is 0.460 e. The summed E-state index contributed by atoms with van der Waals surface area (Å²) in [5.41, 5.74) is 2.42. The molecule has 2 fully saturated rings. The van der Waals surface area contributed by atoms with Crippen molar-refractivity contribution in [2.75, 3.05) is 0 Å². The fraction of sp³-hybridized carbons (Fsp3) is 0.750. The van der Waals surface area contributed by atoms with Crippen LogP contribution >= 0.6 is 0 Å². The third-order valence-electron chi connectivity index (χ3n) is 12.0. The van der Waals surface area contributed by atoms with Crippen LogP contribution in [0.5, 0.6) is 5.75 Å². The van der Waals surface area contributed by atoms with Crippen LogP contribution in [0.4, 0.5) is 39.5 Å². The Kier molecular flexibility index (Phi) is 12.0. The SMILES string of the molecule is C=C1C(O)C[C@H]2[C@H]3[C@H](CC[C@]12C)c1ccc(O)cc1C(O)[C@H]3CCCCCCCCCC(CCC(F)(F)C(F)(F)C(F)(F)C(F)(F)F)C(=O)O. The molecule has 3 unspecified atom stereocenters. The fourth-order valence-electron chi connectivity index (χ4n) is 8.99. The van der Waals surface area contributed by atoms with Gasteiger partial charge in [-0.05, 0) is 96.4 Å². The fourth-order valence-corrected chi connectivity index (χ4v) is 8.99. The van der Waals surface area contributed by atoms with E-state index in [4.69, 9.17) is 0 Å². The number of aromatic hydroxyl groups is 1. The first-order valence-corrected chi connectivity index (χ1v) is 17.4. The number of aliphatic hydroxyl groups excluding tert-OH is 2. The predicted octanol–water partition coefficient (Wildman–Crippen LogP) is 9.95. The molecule has 2 saturated carbocycles. The second kappa shape index (κ2) is 14.9. The molecular weight excluding hydrogens is 683 g/mol. The molecule has 3 aliphatic carbocycles. The van der Waals surface area contributed by atoms with Gasteiger partial charge in [0.2, 0.25) is 0 Å². The van der Waals surface area contributed by atoms with E-state index in [1.165, 1.54) is 0 Å². The smallest absolute Gasteiger partial charge is 0.460 e. The van der Waals surface area contributed by atoms with Gasteiger partial charge in [-0.1, -0.05) is 64.5 Å². The Hall–Kier alpha value is -2.48. The zero-order valence-corrected chi connectivity index (χ0v) is 28.0. The highest BCUT2D eigenvalue weighted by molar-refractivity contribution is 5.69. The molecule has 50 heavy (non-hydrogen) atoms. The van der Waals surface area contributed by atoms with Crippen molar-refractivity contribution in [1.82, 2.24) is 0 Å². The molecule has 8 atom stereocenters. The van der Waals surface area contributed by atoms with Gasteiger partial charge in [-0.2, -0.15) is 39.5 Å². The van der Waals surface area contributed by atoms with E-state index in [0.29, 0.717) is 19.3 Å². The molecule has 0 aromatic heterocycles. The second-order valence-electron chi connectivity index (χ2n) is 14.9. The number of carboxylic acids is 1. The van der Waals surface area contributed by atoms with E-state index in [2.05, 4.69) is 13.5 Å². The van der Waals surface area contributed by atoms with Crippen molar-refractivity contribution < 1.29 is 64.7 Å². The Bertz CT molecular complexity index is 1370. The third-order valence-corrected chi connectivity index (χ3v) is 12.0. The number of rotatable bonds is 16. The van der Waals surface area contributed by atoms with Crippen molar-refractivity contribution in [3.63, 3.8) is 0 Å². The van der Waals surface area contributed by atoms with Crippen molar-refractivity contribution in [2.24, 2.45) is 29.1 Å². The number of phenols is 1. The van der Waals surface area contributed by atoms with Crippen LogP contribution in [0.3, 0.4) is 0 Å². The number of alkyl halides is 9. The van der Waals surface area contributed by atoms with Crippen LogP contribution < -0.4 is 0 Å². The van der Waals surface area contributed by atoms with Gasteiger partial charge in [0, 0.05) is 6.42 Å². The lowest BCUT2D eigenvalue weighted by molar-refractivity contribution is -0.396. The molecule has 0 heterocycles. The number of halogens is 9. The van der Waals surface area contributed by atoms with E-state index in [-0.39, 0.29) is 47.7 Å². The Morgan fingerprint density at radius 1 is 0.900 bits per heavy atom. The number of carboxylic acid groups (broad SMARTS) is 1. The molecule has 1 aromatic carbocycles. The molecule has 0 radical (unpaired) electrons. The molecule has 4 N–H and O–H groups in total. The monoisotopic (exact) mass is 730 g/mol. The van der Waals surface area contributed by atoms with Gasteiger partial charge in [0.25, 0.3) is 0 Å². The van der Waals surface area contributed by atoms with Gasteiger partial charge < -0.3 is 20.4 Å². The van der Waals surface area contributed by atoms with Gasteiger partial charge in [-0.15, -0.1) is 0 Å². The normalized spacial score (nSPS) is 29.3. The lowest BCUT2D eigenvalue weighted by Crippen LogP contribution is -2.60. The molecular formula is C36H47F9O5. The maximum absolute atomic E-state index is 13.9. The quantitative estimate of drug-likeness (QED) is 0.0772. The Morgan fingerprint density at radius 3 is 2.10 bits per heavy atom. The highest BCUT2D eigenvalue weighted by atomic mass is 19.4. The van der Waals surface area contributed by atoms with Crippen LogP contribution in [-0.2, 0) is 4.79 Å². The van der Waals surface area contributed by atoms with Gasteiger partial charge in [-0.3, -0.25) is 4.79 Å². The molecule has 0 aliphatic heterocycles. The zero-order valence-electron chi connectivity index (χ0n) is 28.0. The molecule has 5 nitrogen and oxygen atoms in total. The molecule has 4 rings (SSSR count). The Balaban J connectivity index is 1.24. The van der Waals surface area contributed by atoms with Crippen molar-refractivity contribution in [3.05, 3.63) is 41.5 Å². The lowest BCUT2D eigenvalue weighted by Gasteiger charge is -2.53. The Morgan fingerprint density at radius 2 is 1.50 bits per heavy atom. The third kappa shape index (κ3) is 7.52. The minimum Gasteiger partial charge on any atom is -0.508 e. The molecule has 284 valence electrons. The first kappa shape index (κ1) is 40.3. The molecule has 0 bridgehead atoms. The molecule has 0 spiro atoms. The van der Waals surface area contributed by atoms with Crippen molar-refractivity contribution >= 4 is 5.97 Å². The van der Waals surface area contributed by atoms with E-state index in [0.717, 1.165) is 61.6 Å². The van der Waals surface area contributed by atoms with Crippen molar-refractivity contribution in [2.45, 2.75) is 139 Å². The van der Waals surface area contributed by atoms with Crippen molar-refractivity contribution in [3.8, 4) is 5.75 Å². The van der Waals surface area contributed by atoms with Gasteiger partial charge in [0.05, 0.1) is 18.1 Å². The topological polar surface area (TPSA) is 98.0 Å². The van der Waals surface area contributed by atoms with Gasteiger partial charge in [-0.25, -0.2) is 0 Å². The summed E-state index contributed by atoms with van der Waals surface area (Å²) in [6.07, 6.45) is -4.26. The maximum atomic E-state index is 13.9. The van der Waals surface area contributed by atoms with Crippen molar-refractivity contribution in [1.29, 1.82) is 0 Å². The van der Waals surface area contributed by atoms with Gasteiger partial charge in [0.1, 0.15) is 5.75 Å². The Labute approximate surface area is 286 Å². The number of aliphatic hydroxyl groups is 2. The number of benzene rings is 1. The number of fused-ring (bicyclic) bond motifs is 5. The number of phenolic OH excluding ortho intramolecular Hbond substituents is 1. The van der Waals surface area contributed by atoms with Gasteiger partial charge in [0.15, 0.2) is 0 Å². The molecule has 1 aromatic rings. The van der Waals surface area contributed by atoms with Crippen LogP contribution in [0.2, 0.25) is 0 Å². The standard InChI is InChI=1S/C36H47F9O5/c1-20-28(47)19-27-29-24(15-16-32(20,27)2)23-13-12-22(46)18-26(23)30(48)25(29)11-9-7-5-3-4-6-8-10-21(31(49)50)14-17-33(37,38)34(39,40)35(41,42)36(43,44)45/h12-13,18,21,24-25,27-30,46-48H,1,3-11,14-17,19H2,2H3,(H,49,50)/t21?,24-,25+,27+,28?,29+,30?,32-/m1/s1. The summed E-state index contributed by atoms with van der Waals surface area (Å²) < 4.78 is 118. The summed E-state index contributed by atoms with van der Waals surface area (Å²) in [6, 6.07) is 5.19. The first-order valence-electron chi connectivity index (χ1n) is 17.4. The van der Waals surface area contributed by atoms with E-state index in [9.17, 15) is 64.7 Å². The van der Waals surface area contributed by atoms with E-state index in [1.807, 2.05) is 6.07 Å². The summed E-state index contributed by atoms with van der Waals surface area (Å²) >= 11 is 0. The van der Waals surface area contributed by atoms with Crippen LogP contribution in [0.25, 0.3) is 0 Å². The summed E-state index contributed by atoms with van der Waals surface area (Å²) in [5.74, 6) is -22.3. The van der Waals surface area contributed by atoms with E-state index in [1.54, 1.807) is 12.1 Å². The number of aliphatic carboxylic acids is 1. The molecule has 3 aliphatic rings. The van der Waals surface area contributed by atoms with Gasteiger partial charge >= 0.3 is 29.9 Å². The first-order chi connectivity index (χ1) is 23.1. The highest BCUT2D eigenvalue weighted by Gasteiger charge is 2.81. The zero-order chi connectivity index (χ0) is 37.4. The predicted molar refractivity (Wildman–Crippen MR) is 166 cm³/mol. The second-order valence-corrected chi connectivity index (χ2v) is 14.9. The molecule has 0 amide bonds. The minimum absolute atomic E-state index is 0.0861. The van der Waals surface area contributed by atoms with E-state index < -0.39 is 60.9 Å². The van der Waals surface area contributed by atoms with Crippen LogP contribution in [0, 0.1) is 29.1 Å². The number of carbonyl (C=O) groups is 1. The number of hydrogen-bond acceptors (Lipinski definition) is 4. The summed E-state index contributed by atoms with van der Waals surface area (Å²) in [5, 5.41) is 41.8.